The van der Waals surface area contributed by atoms with Crippen LogP contribution in [0, 0.1) is 5.92 Å². The molecule has 134 valence electrons. The summed E-state index contributed by atoms with van der Waals surface area (Å²) in [6.45, 7) is 4.02. The Hall–Kier alpha value is -1.70. The van der Waals surface area contributed by atoms with Crippen LogP contribution in [0.4, 0.5) is 4.79 Å². The van der Waals surface area contributed by atoms with E-state index in [1.54, 1.807) is 0 Å². The summed E-state index contributed by atoms with van der Waals surface area (Å²) in [4.78, 5) is 37.2. The van der Waals surface area contributed by atoms with E-state index in [0.717, 1.165) is 16.7 Å². The smallest absolute Gasteiger partial charge is 0.294 e. The standard InChI is InChI=1S/C16H16Cl2N2O4S/c1-8(2)6-19-13(21)7-20-15(23)12(25-16(20)24)5-9-3-10(17)14(22)11(18)4-9/h3-5,8,22H,6-7H2,1-2H3,(H,19,21)/b12-5-. The lowest BCUT2D eigenvalue weighted by molar-refractivity contribution is -0.129. The van der Waals surface area contributed by atoms with Gasteiger partial charge in [-0.05, 0) is 41.5 Å². The maximum atomic E-state index is 12.4. The molecule has 1 aromatic carbocycles. The van der Waals surface area contributed by atoms with Crippen molar-refractivity contribution in [3.05, 3.63) is 32.6 Å². The Morgan fingerprint density at radius 3 is 2.48 bits per heavy atom. The molecule has 2 rings (SSSR count). The van der Waals surface area contributed by atoms with Gasteiger partial charge in [0.2, 0.25) is 5.91 Å². The number of carbonyl (C=O) groups is 3. The lowest BCUT2D eigenvalue weighted by Gasteiger charge is -2.13. The van der Waals surface area contributed by atoms with Crippen LogP contribution in [-0.4, -0.2) is 40.1 Å². The summed E-state index contributed by atoms with van der Waals surface area (Å²) >= 11 is 12.4. The Bertz CT molecular complexity index is 741. The number of carbonyl (C=O) groups excluding carboxylic acids is 3. The van der Waals surface area contributed by atoms with Crippen molar-refractivity contribution in [2.75, 3.05) is 13.1 Å². The van der Waals surface area contributed by atoms with E-state index in [2.05, 4.69) is 5.32 Å². The van der Waals surface area contributed by atoms with Crippen LogP contribution in [0.1, 0.15) is 19.4 Å². The first-order valence-corrected chi connectivity index (χ1v) is 8.96. The minimum absolute atomic E-state index is 0.0334. The van der Waals surface area contributed by atoms with E-state index in [0.29, 0.717) is 12.1 Å². The Balaban J connectivity index is 2.14. The molecule has 0 atom stereocenters. The molecule has 0 bridgehead atoms. The number of imide groups is 1. The van der Waals surface area contributed by atoms with Crippen molar-refractivity contribution in [2.45, 2.75) is 13.8 Å². The lowest BCUT2D eigenvalue weighted by atomic mass is 10.2. The molecule has 2 N–H and O–H groups in total. The summed E-state index contributed by atoms with van der Waals surface area (Å²) < 4.78 is 0. The van der Waals surface area contributed by atoms with Gasteiger partial charge in [0.05, 0.1) is 15.0 Å². The fourth-order valence-corrected chi connectivity index (χ4v) is 3.32. The van der Waals surface area contributed by atoms with Crippen LogP contribution in [0.25, 0.3) is 6.08 Å². The molecule has 1 fully saturated rings. The molecule has 1 saturated heterocycles. The third kappa shape index (κ3) is 4.90. The molecular weight excluding hydrogens is 387 g/mol. The SMILES string of the molecule is CC(C)CNC(=O)CN1C(=O)S/C(=C\c2cc(Cl)c(O)c(Cl)c2)C1=O. The van der Waals surface area contributed by atoms with Crippen LogP contribution in [0.5, 0.6) is 5.75 Å². The number of aromatic hydroxyl groups is 1. The molecule has 1 aliphatic heterocycles. The number of halogens is 2. The van der Waals surface area contributed by atoms with Gasteiger partial charge in [0.15, 0.2) is 5.75 Å². The van der Waals surface area contributed by atoms with Crippen molar-refractivity contribution in [3.8, 4) is 5.75 Å². The summed E-state index contributed by atoms with van der Waals surface area (Å²) in [5.41, 5.74) is 0.461. The lowest BCUT2D eigenvalue weighted by Crippen LogP contribution is -2.40. The average molecular weight is 403 g/mol. The monoisotopic (exact) mass is 402 g/mol. The molecule has 0 saturated carbocycles. The van der Waals surface area contributed by atoms with E-state index in [1.807, 2.05) is 13.8 Å². The maximum Gasteiger partial charge on any atom is 0.294 e. The predicted molar refractivity (Wildman–Crippen MR) is 98.7 cm³/mol. The van der Waals surface area contributed by atoms with Crippen LogP contribution in [0.3, 0.4) is 0 Å². The van der Waals surface area contributed by atoms with Gasteiger partial charge in [-0.1, -0.05) is 37.0 Å². The fraction of sp³-hybridized carbons (Fsp3) is 0.312. The third-order valence-corrected chi connectivity index (χ3v) is 4.70. The van der Waals surface area contributed by atoms with Crippen molar-refractivity contribution in [2.24, 2.45) is 5.92 Å². The second-order valence-electron chi connectivity index (χ2n) is 5.80. The molecule has 1 heterocycles. The molecule has 0 radical (unpaired) electrons. The molecule has 25 heavy (non-hydrogen) atoms. The summed E-state index contributed by atoms with van der Waals surface area (Å²) in [5.74, 6) is -0.943. The second-order valence-corrected chi connectivity index (χ2v) is 7.61. The van der Waals surface area contributed by atoms with Crippen LogP contribution in [0.15, 0.2) is 17.0 Å². The largest absolute Gasteiger partial charge is 0.505 e. The minimum atomic E-state index is -0.560. The molecule has 3 amide bonds. The van der Waals surface area contributed by atoms with Gasteiger partial charge in [-0.25, -0.2) is 0 Å². The first-order valence-electron chi connectivity index (χ1n) is 7.39. The predicted octanol–water partition coefficient (Wildman–Crippen LogP) is 3.51. The number of amides is 3. The summed E-state index contributed by atoms with van der Waals surface area (Å²) in [5, 5.41) is 11.8. The molecule has 0 aliphatic carbocycles. The highest BCUT2D eigenvalue weighted by molar-refractivity contribution is 8.18. The van der Waals surface area contributed by atoms with E-state index in [9.17, 15) is 19.5 Å². The summed E-state index contributed by atoms with van der Waals surface area (Å²) in [7, 11) is 0. The van der Waals surface area contributed by atoms with Crippen molar-refractivity contribution < 1.29 is 19.5 Å². The molecule has 1 aromatic rings. The first-order chi connectivity index (χ1) is 11.7. The number of nitrogens with zero attached hydrogens (tertiary/aromatic N) is 1. The maximum absolute atomic E-state index is 12.4. The van der Waals surface area contributed by atoms with Crippen molar-refractivity contribution in [3.63, 3.8) is 0 Å². The quantitative estimate of drug-likeness (QED) is 0.735. The zero-order chi connectivity index (χ0) is 18.7. The third-order valence-electron chi connectivity index (χ3n) is 3.22. The second kappa shape index (κ2) is 8.12. The van der Waals surface area contributed by atoms with E-state index < -0.39 is 17.1 Å². The molecule has 0 unspecified atom stereocenters. The zero-order valence-electron chi connectivity index (χ0n) is 13.5. The highest BCUT2D eigenvalue weighted by Gasteiger charge is 2.36. The van der Waals surface area contributed by atoms with Crippen LogP contribution in [-0.2, 0) is 9.59 Å². The normalized spacial score (nSPS) is 16.2. The number of rotatable bonds is 5. The van der Waals surface area contributed by atoms with Gasteiger partial charge in [-0.15, -0.1) is 0 Å². The Labute approximate surface area is 159 Å². The Morgan fingerprint density at radius 1 is 1.32 bits per heavy atom. The summed E-state index contributed by atoms with van der Waals surface area (Å²) in [6, 6.07) is 2.85. The molecule has 0 spiro atoms. The highest BCUT2D eigenvalue weighted by atomic mass is 35.5. The van der Waals surface area contributed by atoms with Gasteiger partial charge in [0, 0.05) is 6.54 Å². The Morgan fingerprint density at radius 2 is 1.92 bits per heavy atom. The molecule has 6 nitrogen and oxygen atoms in total. The number of hydrogen-bond donors (Lipinski definition) is 2. The number of phenolic OH excluding ortho intramolecular Hbond substituents is 1. The number of thioether (sulfide) groups is 1. The zero-order valence-corrected chi connectivity index (χ0v) is 15.8. The van der Waals surface area contributed by atoms with E-state index in [1.165, 1.54) is 18.2 Å². The Kier molecular flexibility index (Phi) is 6.37. The fourth-order valence-electron chi connectivity index (χ4n) is 1.97. The van der Waals surface area contributed by atoms with Gasteiger partial charge >= 0.3 is 0 Å². The van der Waals surface area contributed by atoms with Gasteiger partial charge in [-0.2, -0.15) is 0 Å². The van der Waals surface area contributed by atoms with E-state index in [4.69, 9.17) is 23.2 Å². The number of hydrogen-bond acceptors (Lipinski definition) is 5. The van der Waals surface area contributed by atoms with Crippen molar-refractivity contribution in [1.29, 1.82) is 0 Å². The minimum Gasteiger partial charge on any atom is -0.505 e. The van der Waals surface area contributed by atoms with E-state index in [-0.39, 0.29) is 33.2 Å². The van der Waals surface area contributed by atoms with Gasteiger partial charge in [0.25, 0.3) is 11.1 Å². The first kappa shape index (κ1) is 19.6. The molecular formula is C16H16Cl2N2O4S. The number of nitrogens with one attached hydrogen (secondary N) is 1. The van der Waals surface area contributed by atoms with Crippen LogP contribution < -0.4 is 5.32 Å². The van der Waals surface area contributed by atoms with E-state index >= 15 is 0 Å². The molecule has 9 heteroatoms. The highest BCUT2D eigenvalue weighted by Crippen LogP contribution is 2.36. The van der Waals surface area contributed by atoms with Gasteiger partial charge in [-0.3, -0.25) is 19.3 Å². The number of phenols is 1. The van der Waals surface area contributed by atoms with Gasteiger partial charge in [0.1, 0.15) is 6.54 Å². The number of benzene rings is 1. The average Bonchev–Trinajstić information content (AvgIpc) is 2.78. The topological polar surface area (TPSA) is 86.7 Å². The van der Waals surface area contributed by atoms with Gasteiger partial charge < -0.3 is 10.4 Å². The molecule has 1 aliphatic rings. The van der Waals surface area contributed by atoms with Crippen molar-refractivity contribution in [1.82, 2.24) is 10.2 Å². The van der Waals surface area contributed by atoms with Crippen molar-refractivity contribution >= 4 is 58.1 Å². The van der Waals surface area contributed by atoms with Crippen LogP contribution >= 0.6 is 35.0 Å². The van der Waals surface area contributed by atoms with Crippen LogP contribution in [0.2, 0.25) is 10.0 Å². The summed E-state index contributed by atoms with van der Waals surface area (Å²) in [6.07, 6.45) is 1.44. The molecule has 0 aromatic heterocycles.